The molecule has 0 bridgehead atoms. The van der Waals surface area contributed by atoms with Gasteiger partial charge in [-0.1, -0.05) is 0 Å². The molecular weight excluding hydrogens is 266 g/mol. The smallest absolute Gasteiger partial charge is 0.250 e. The molecule has 0 aromatic heterocycles. The minimum atomic E-state index is -2.99. The van der Waals surface area contributed by atoms with Crippen LogP contribution in [0.2, 0.25) is 0 Å². The molecule has 1 aliphatic heterocycles. The molecule has 1 aliphatic rings. The Hall–Kier alpha value is -1.76. The molecule has 1 aromatic carbocycles. The first-order chi connectivity index (χ1) is 8.89. The van der Waals surface area contributed by atoms with Gasteiger partial charge in [0.05, 0.1) is 22.8 Å². The average molecular weight is 283 g/mol. The maximum absolute atomic E-state index is 11.6. The third-order valence-electron chi connectivity index (χ3n) is 3.18. The van der Waals surface area contributed by atoms with Crippen LogP contribution < -0.4 is 16.4 Å². The Kier molecular flexibility index (Phi) is 3.66. The minimum Gasteiger partial charge on any atom is -0.399 e. The summed E-state index contributed by atoms with van der Waals surface area (Å²) < 4.78 is 23.2. The van der Waals surface area contributed by atoms with Crippen LogP contribution in [0.5, 0.6) is 0 Å². The van der Waals surface area contributed by atoms with Crippen molar-refractivity contribution >= 4 is 27.1 Å². The molecule has 0 aliphatic carbocycles. The SMILES string of the molecule is NC(=O)c1ccc(N)cc1N1CCCS(=O)(=O)CC1. The second kappa shape index (κ2) is 5.08. The van der Waals surface area contributed by atoms with Gasteiger partial charge < -0.3 is 16.4 Å². The lowest BCUT2D eigenvalue weighted by Gasteiger charge is -2.24. The maximum Gasteiger partial charge on any atom is 0.250 e. The average Bonchev–Trinajstić information content (AvgIpc) is 2.49. The third kappa shape index (κ3) is 3.17. The lowest BCUT2D eigenvalue weighted by molar-refractivity contribution is 0.100. The van der Waals surface area contributed by atoms with Crippen molar-refractivity contribution < 1.29 is 13.2 Å². The van der Waals surface area contributed by atoms with Crippen molar-refractivity contribution in [2.45, 2.75) is 6.42 Å². The molecule has 1 heterocycles. The Balaban J connectivity index is 2.35. The Morgan fingerprint density at radius 3 is 2.63 bits per heavy atom. The van der Waals surface area contributed by atoms with Gasteiger partial charge in [-0.25, -0.2) is 8.42 Å². The summed E-state index contributed by atoms with van der Waals surface area (Å²) in [4.78, 5) is 13.3. The van der Waals surface area contributed by atoms with Crippen LogP contribution in [-0.4, -0.2) is 38.9 Å². The predicted octanol–water partition coefficient (Wildman–Crippen LogP) is -0.00740. The molecular formula is C12H17N3O3S. The van der Waals surface area contributed by atoms with Crippen molar-refractivity contribution in [3.05, 3.63) is 23.8 Å². The van der Waals surface area contributed by atoms with Crippen molar-refractivity contribution in [1.82, 2.24) is 0 Å². The summed E-state index contributed by atoms with van der Waals surface area (Å²) in [6.07, 6.45) is 0.537. The molecule has 2 rings (SSSR count). The van der Waals surface area contributed by atoms with E-state index >= 15 is 0 Å². The minimum absolute atomic E-state index is 0.0833. The molecule has 1 fully saturated rings. The van der Waals surface area contributed by atoms with E-state index in [2.05, 4.69) is 0 Å². The summed E-state index contributed by atoms with van der Waals surface area (Å²) in [6, 6.07) is 4.85. The first kappa shape index (κ1) is 13.7. The number of rotatable bonds is 2. The number of nitrogen functional groups attached to an aromatic ring is 1. The van der Waals surface area contributed by atoms with Crippen LogP contribution in [0.4, 0.5) is 11.4 Å². The van der Waals surface area contributed by atoms with Crippen molar-refractivity contribution in [2.24, 2.45) is 5.73 Å². The van der Waals surface area contributed by atoms with Crippen molar-refractivity contribution in [1.29, 1.82) is 0 Å². The fourth-order valence-corrected chi connectivity index (χ4v) is 3.47. The van der Waals surface area contributed by atoms with E-state index in [0.29, 0.717) is 36.4 Å². The van der Waals surface area contributed by atoms with Gasteiger partial charge in [-0.3, -0.25) is 4.79 Å². The Morgan fingerprint density at radius 1 is 1.21 bits per heavy atom. The Morgan fingerprint density at radius 2 is 1.95 bits per heavy atom. The standard InChI is InChI=1S/C12H17N3O3S/c13-9-2-3-10(12(14)16)11(8-9)15-4-1-6-19(17,18)7-5-15/h2-3,8H,1,4-7,13H2,(H2,14,16). The fraction of sp³-hybridized carbons (Fsp3) is 0.417. The number of primary amides is 1. The van der Waals surface area contributed by atoms with E-state index in [0.717, 1.165) is 0 Å². The number of hydrogen-bond donors (Lipinski definition) is 2. The summed E-state index contributed by atoms with van der Waals surface area (Å²) in [5, 5.41) is 0. The van der Waals surface area contributed by atoms with Crippen LogP contribution >= 0.6 is 0 Å². The number of benzene rings is 1. The number of sulfone groups is 1. The second-order valence-electron chi connectivity index (χ2n) is 4.63. The van der Waals surface area contributed by atoms with Crippen LogP contribution in [0.3, 0.4) is 0 Å². The van der Waals surface area contributed by atoms with E-state index in [-0.39, 0.29) is 11.5 Å². The van der Waals surface area contributed by atoms with Crippen molar-refractivity contribution in [3.63, 3.8) is 0 Å². The highest BCUT2D eigenvalue weighted by molar-refractivity contribution is 7.91. The second-order valence-corrected chi connectivity index (χ2v) is 6.94. The molecule has 0 saturated carbocycles. The van der Waals surface area contributed by atoms with E-state index in [1.807, 2.05) is 4.90 Å². The largest absolute Gasteiger partial charge is 0.399 e. The molecule has 0 spiro atoms. The number of anilines is 2. The van der Waals surface area contributed by atoms with E-state index in [1.165, 1.54) is 0 Å². The number of carbonyl (C=O) groups excluding carboxylic acids is 1. The van der Waals surface area contributed by atoms with Crippen LogP contribution in [-0.2, 0) is 9.84 Å². The highest BCUT2D eigenvalue weighted by Crippen LogP contribution is 2.25. The maximum atomic E-state index is 11.6. The van der Waals surface area contributed by atoms with Gasteiger partial charge in [0.2, 0.25) is 0 Å². The summed E-state index contributed by atoms with van der Waals surface area (Å²) in [5.41, 5.74) is 12.6. The highest BCUT2D eigenvalue weighted by Gasteiger charge is 2.22. The molecule has 19 heavy (non-hydrogen) atoms. The molecule has 1 amide bonds. The Labute approximate surface area is 112 Å². The van der Waals surface area contributed by atoms with E-state index in [4.69, 9.17) is 11.5 Å². The van der Waals surface area contributed by atoms with Gasteiger partial charge in [0.25, 0.3) is 5.91 Å². The normalized spacial score (nSPS) is 18.8. The van der Waals surface area contributed by atoms with Gasteiger partial charge in [-0.15, -0.1) is 0 Å². The molecule has 7 heteroatoms. The molecule has 4 N–H and O–H groups in total. The van der Waals surface area contributed by atoms with Gasteiger partial charge in [0, 0.05) is 18.8 Å². The third-order valence-corrected chi connectivity index (χ3v) is 4.90. The number of carbonyl (C=O) groups is 1. The van der Waals surface area contributed by atoms with Crippen LogP contribution in [0.25, 0.3) is 0 Å². The molecule has 1 aromatic rings. The van der Waals surface area contributed by atoms with Gasteiger partial charge in [0.15, 0.2) is 9.84 Å². The summed E-state index contributed by atoms with van der Waals surface area (Å²) in [7, 11) is -2.99. The van der Waals surface area contributed by atoms with E-state index < -0.39 is 15.7 Å². The molecule has 6 nitrogen and oxygen atoms in total. The van der Waals surface area contributed by atoms with E-state index in [1.54, 1.807) is 18.2 Å². The monoisotopic (exact) mass is 283 g/mol. The van der Waals surface area contributed by atoms with Crippen molar-refractivity contribution in [2.75, 3.05) is 35.2 Å². The summed E-state index contributed by atoms with van der Waals surface area (Å²) in [6.45, 7) is 0.926. The fourth-order valence-electron chi connectivity index (χ4n) is 2.20. The van der Waals surface area contributed by atoms with Crippen molar-refractivity contribution in [3.8, 4) is 0 Å². The van der Waals surface area contributed by atoms with Crippen LogP contribution in [0.15, 0.2) is 18.2 Å². The molecule has 104 valence electrons. The van der Waals surface area contributed by atoms with Crippen LogP contribution in [0.1, 0.15) is 16.8 Å². The van der Waals surface area contributed by atoms with Gasteiger partial charge in [0.1, 0.15) is 0 Å². The first-order valence-corrected chi connectivity index (χ1v) is 7.86. The molecule has 0 unspecified atom stereocenters. The van der Waals surface area contributed by atoms with E-state index in [9.17, 15) is 13.2 Å². The van der Waals surface area contributed by atoms with Gasteiger partial charge >= 0.3 is 0 Å². The summed E-state index contributed by atoms with van der Waals surface area (Å²) in [5.74, 6) is -0.278. The number of amides is 1. The van der Waals surface area contributed by atoms with Gasteiger partial charge in [-0.2, -0.15) is 0 Å². The van der Waals surface area contributed by atoms with Gasteiger partial charge in [-0.05, 0) is 24.6 Å². The number of nitrogens with zero attached hydrogens (tertiary/aromatic N) is 1. The number of nitrogens with two attached hydrogens (primary N) is 2. The molecule has 0 radical (unpaired) electrons. The quantitative estimate of drug-likeness (QED) is 0.743. The molecule has 0 atom stereocenters. The summed E-state index contributed by atoms with van der Waals surface area (Å²) >= 11 is 0. The zero-order chi connectivity index (χ0) is 14.0. The Bertz CT molecular complexity index is 598. The van der Waals surface area contributed by atoms with Crippen LogP contribution in [0, 0.1) is 0 Å². The molecule has 1 saturated heterocycles. The lowest BCUT2D eigenvalue weighted by Crippen LogP contribution is -2.29. The number of hydrogen-bond acceptors (Lipinski definition) is 5. The zero-order valence-electron chi connectivity index (χ0n) is 10.5. The zero-order valence-corrected chi connectivity index (χ0v) is 11.3. The first-order valence-electron chi connectivity index (χ1n) is 6.04. The highest BCUT2D eigenvalue weighted by atomic mass is 32.2. The predicted molar refractivity (Wildman–Crippen MR) is 74.9 cm³/mol. The lowest BCUT2D eigenvalue weighted by atomic mass is 10.1. The topological polar surface area (TPSA) is 106 Å².